The summed E-state index contributed by atoms with van der Waals surface area (Å²) in [5.74, 6) is 0.00418. The number of rotatable bonds is 3. The van der Waals surface area contributed by atoms with Crippen molar-refractivity contribution in [1.82, 2.24) is 20.5 Å². The van der Waals surface area contributed by atoms with E-state index in [1.807, 2.05) is 18.4 Å². The zero-order valence-corrected chi connectivity index (χ0v) is 8.97. The maximum absolute atomic E-state index is 11.5. The molecule has 0 saturated carbocycles. The summed E-state index contributed by atoms with van der Waals surface area (Å²) in [7, 11) is 0. The van der Waals surface area contributed by atoms with Crippen LogP contribution in [0.2, 0.25) is 0 Å². The fourth-order valence-electron chi connectivity index (χ4n) is 1.14. The van der Waals surface area contributed by atoms with Crippen LogP contribution in [0, 0.1) is 6.92 Å². The molecule has 2 rings (SSSR count). The third-order valence-electron chi connectivity index (χ3n) is 2.01. The van der Waals surface area contributed by atoms with E-state index in [-0.39, 0.29) is 11.7 Å². The maximum atomic E-state index is 11.5. The fraction of sp³-hybridized carbons (Fsp3) is 0.222. The van der Waals surface area contributed by atoms with E-state index in [1.54, 1.807) is 11.3 Å². The summed E-state index contributed by atoms with van der Waals surface area (Å²) in [5.41, 5.74) is 1.19. The molecule has 0 atom stereocenters. The van der Waals surface area contributed by atoms with Gasteiger partial charge in [-0.2, -0.15) is 5.10 Å². The van der Waals surface area contributed by atoms with Crippen LogP contribution in [0.3, 0.4) is 0 Å². The lowest BCUT2D eigenvalue weighted by molar-refractivity contribution is 0.0941. The van der Waals surface area contributed by atoms with E-state index in [9.17, 15) is 4.79 Å². The Bertz CT molecular complexity index is 448. The number of aromatic nitrogens is 3. The summed E-state index contributed by atoms with van der Waals surface area (Å²) in [6.07, 6.45) is 1.31. The number of nitrogens with zero attached hydrogens (tertiary/aromatic N) is 2. The summed E-state index contributed by atoms with van der Waals surface area (Å²) < 4.78 is 0. The molecule has 78 valence electrons. The van der Waals surface area contributed by atoms with E-state index < -0.39 is 0 Å². The molecule has 2 aromatic rings. The van der Waals surface area contributed by atoms with E-state index in [1.165, 1.54) is 11.9 Å². The van der Waals surface area contributed by atoms with Crippen molar-refractivity contribution in [1.29, 1.82) is 0 Å². The third-order valence-corrected chi connectivity index (χ3v) is 3.03. The highest BCUT2D eigenvalue weighted by Gasteiger charge is 2.08. The molecule has 0 aliphatic rings. The topological polar surface area (TPSA) is 70.7 Å². The van der Waals surface area contributed by atoms with Gasteiger partial charge in [0.2, 0.25) is 5.82 Å². The summed E-state index contributed by atoms with van der Waals surface area (Å²) in [6.45, 7) is 2.55. The van der Waals surface area contributed by atoms with Crippen LogP contribution in [0.1, 0.15) is 21.1 Å². The highest BCUT2D eigenvalue weighted by Crippen LogP contribution is 2.14. The first-order valence-corrected chi connectivity index (χ1v) is 5.32. The second-order valence-electron chi connectivity index (χ2n) is 3.04. The minimum Gasteiger partial charge on any atom is -0.344 e. The molecule has 0 bridgehead atoms. The van der Waals surface area contributed by atoms with Crippen LogP contribution < -0.4 is 5.32 Å². The molecule has 2 heterocycles. The number of aryl methyl sites for hydroxylation is 1. The first-order chi connectivity index (χ1) is 7.27. The van der Waals surface area contributed by atoms with Crippen molar-refractivity contribution in [2.75, 3.05) is 0 Å². The summed E-state index contributed by atoms with van der Waals surface area (Å²) >= 11 is 1.63. The molecule has 0 unspecified atom stereocenters. The number of nitrogens with one attached hydrogen (secondary N) is 2. The van der Waals surface area contributed by atoms with Gasteiger partial charge in [0.1, 0.15) is 6.33 Å². The lowest BCUT2D eigenvalue weighted by atomic mass is 10.3. The van der Waals surface area contributed by atoms with Crippen LogP contribution in [-0.2, 0) is 6.54 Å². The highest BCUT2D eigenvalue weighted by molar-refractivity contribution is 7.10. The second-order valence-corrected chi connectivity index (χ2v) is 4.04. The summed E-state index contributed by atoms with van der Waals surface area (Å²) in [6, 6.07) is 2.03. The summed E-state index contributed by atoms with van der Waals surface area (Å²) in [5, 5.41) is 10.9. The normalized spacial score (nSPS) is 10.2. The van der Waals surface area contributed by atoms with Gasteiger partial charge in [-0.1, -0.05) is 0 Å². The van der Waals surface area contributed by atoms with E-state index in [4.69, 9.17) is 0 Å². The number of hydrogen-bond donors (Lipinski definition) is 2. The number of H-pyrrole nitrogens is 1. The first kappa shape index (κ1) is 9.85. The lowest BCUT2D eigenvalue weighted by Gasteiger charge is -2.01. The van der Waals surface area contributed by atoms with E-state index >= 15 is 0 Å². The molecular formula is C9H10N4OS. The van der Waals surface area contributed by atoms with Gasteiger partial charge in [0, 0.05) is 4.88 Å². The minimum absolute atomic E-state index is 0.236. The summed E-state index contributed by atoms with van der Waals surface area (Å²) in [4.78, 5) is 16.4. The molecule has 0 aliphatic carbocycles. The van der Waals surface area contributed by atoms with Crippen molar-refractivity contribution < 1.29 is 4.79 Å². The molecule has 1 amide bonds. The quantitative estimate of drug-likeness (QED) is 0.817. The van der Waals surface area contributed by atoms with Gasteiger partial charge in [-0.05, 0) is 23.9 Å². The molecule has 0 radical (unpaired) electrons. The van der Waals surface area contributed by atoms with Crippen molar-refractivity contribution in [3.63, 3.8) is 0 Å². The van der Waals surface area contributed by atoms with Crippen LogP contribution in [0.25, 0.3) is 0 Å². The Hall–Kier alpha value is -1.69. The molecule has 0 aliphatic heterocycles. The molecule has 0 fully saturated rings. The monoisotopic (exact) mass is 222 g/mol. The Morgan fingerprint density at radius 1 is 1.67 bits per heavy atom. The van der Waals surface area contributed by atoms with E-state index in [2.05, 4.69) is 20.5 Å². The largest absolute Gasteiger partial charge is 0.344 e. The van der Waals surface area contributed by atoms with Gasteiger partial charge in [-0.15, -0.1) is 11.3 Å². The highest BCUT2D eigenvalue weighted by atomic mass is 32.1. The zero-order valence-electron chi connectivity index (χ0n) is 8.15. The number of thiophene rings is 1. The van der Waals surface area contributed by atoms with Crippen LogP contribution in [0.15, 0.2) is 17.8 Å². The zero-order chi connectivity index (χ0) is 10.7. The van der Waals surface area contributed by atoms with Gasteiger partial charge >= 0.3 is 0 Å². The Kier molecular flexibility index (Phi) is 2.77. The molecular weight excluding hydrogens is 212 g/mol. The standard InChI is InChI=1S/C9H10N4OS/c1-6-2-3-15-7(6)4-10-9(14)8-11-5-12-13-8/h2-3,5H,4H2,1H3,(H,10,14)(H,11,12,13). The van der Waals surface area contributed by atoms with Crippen molar-refractivity contribution in [2.45, 2.75) is 13.5 Å². The van der Waals surface area contributed by atoms with Crippen molar-refractivity contribution >= 4 is 17.2 Å². The number of aromatic amines is 1. The van der Waals surface area contributed by atoms with Crippen molar-refractivity contribution in [3.8, 4) is 0 Å². The lowest BCUT2D eigenvalue weighted by Crippen LogP contribution is -2.23. The predicted octanol–water partition coefficient (Wildman–Crippen LogP) is 1.10. The predicted molar refractivity (Wildman–Crippen MR) is 56.6 cm³/mol. The Balaban J connectivity index is 1.95. The fourth-order valence-corrected chi connectivity index (χ4v) is 1.99. The Labute approximate surface area is 90.6 Å². The van der Waals surface area contributed by atoms with Gasteiger partial charge in [-0.3, -0.25) is 9.89 Å². The van der Waals surface area contributed by atoms with Crippen LogP contribution >= 0.6 is 11.3 Å². The SMILES string of the molecule is Cc1ccsc1CNC(=O)c1ncn[nH]1. The molecule has 0 spiro atoms. The van der Waals surface area contributed by atoms with Gasteiger partial charge in [0.15, 0.2) is 0 Å². The molecule has 15 heavy (non-hydrogen) atoms. The molecule has 5 nitrogen and oxygen atoms in total. The smallest absolute Gasteiger partial charge is 0.288 e. The van der Waals surface area contributed by atoms with Gasteiger partial charge in [-0.25, -0.2) is 4.98 Å². The second kappa shape index (κ2) is 4.22. The van der Waals surface area contributed by atoms with E-state index in [0.29, 0.717) is 6.54 Å². The van der Waals surface area contributed by atoms with Gasteiger partial charge in [0.05, 0.1) is 6.54 Å². The average Bonchev–Trinajstić information content (AvgIpc) is 2.85. The first-order valence-electron chi connectivity index (χ1n) is 4.44. The third kappa shape index (κ3) is 2.21. The van der Waals surface area contributed by atoms with E-state index in [0.717, 1.165) is 4.88 Å². The van der Waals surface area contributed by atoms with Crippen LogP contribution in [-0.4, -0.2) is 21.1 Å². The van der Waals surface area contributed by atoms with Crippen molar-refractivity contribution in [2.24, 2.45) is 0 Å². The van der Waals surface area contributed by atoms with Crippen LogP contribution in [0.5, 0.6) is 0 Å². The van der Waals surface area contributed by atoms with Gasteiger partial charge < -0.3 is 5.32 Å². The number of hydrogen-bond acceptors (Lipinski definition) is 4. The minimum atomic E-state index is -0.236. The molecule has 2 aromatic heterocycles. The number of carbonyl (C=O) groups excluding carboxylic acids is 1. The number of amides is 1. The molecule has 0 saturated heterocycles. The maximum Gasteiger partial charge on any atom is 0.288 e. The van der Waals surface area contributed by atoms with Crippen LogP contribution in [0.4, 0.5) is 0 Å². The van der Waals surface area contributed by atoms with Crippen molar-refractivity contribution in [3.05, 3.63) is 34.0 Å². The molecule has 2 N–H and O–H groups in total. The van der Waals surface area contributed by atoms with Gasteiger partial charge in [0.25, 0.3) is 5.91 Å². The number of carbonyl (C=O) groups is 1. The Morgan fingerprint density at radius 2 is 2.53 bits per heavy atom. The molecule has 6 heteroatoms. The Morgan fingerprint density at radius 3 is 3.13 bits per heavy atom. The molecule has 0 aromatic carbocycles. The average molecular weight is 222 g/mol.